The highest BCUT2D eigenvalue weighted by atomic mass is 32.1. The van der Waals surface area contributed by atoms with Gasteiger partial charge in [-0.15, -0.1) is 0 Å². The van der Waals surface area contributed by atoms with Crippen LogP contribution in [0.4, 0.5) is 0 Å². The average molecular weight is 179 g/mol. The van der Waals surface area contributed by atoms with Crippen molar-refractivity contribution in [2.45, 2.75) is 13.0 Å². The van der Waals surface area contributed by atoms with Crippen molar-refractivity contribution in [3.63, 3.8) is 0 Å². The molecule has 5 nitrogen and oxygen atoms in total. The molecule has 0 aliphatic carbocycles. The third kappa shape index (κ3) is 2.77. The Labute approximate surface area is 69.2 Å². The van der Waals surface area contributed by atoms with Crippen molar-refractivity contribution in [3.8, 4) is 0 Å². The Kier molecular flexibility index (Phi) is 3.91. The summed E-state index contributed by atoms with van der Waals surface area (Å²) in [5.74, 6) is -1.80. The summed E-state index contributed by atoms with van der Waals surface area (Å²) in [6.07, 6.45) is 0. The largest absolute Gasteiger partial charge is 0.480 e. The maximum Gasteiger partial charge on any atom is 0.329 e. The smallest absolute Gasteiger partial charge is 0.329 e. The van der Waals surface area contributed by atoms with Crippen LogP contribution in [0.1, 0.15) is 6.92 Å². The first-order valence-electron chi connectivity index (χ1n) is 2.83. The Morgan fingerprint density at radius 3 is 2.18 bits per heavy atom. The molecule has 0 heterocycles. The summed E-state index contributed by atoms with van der Waals surface area (Å²) in [5.41, 5.74) is 0. The Hall–Kier alpha value is -0.750. The second-order valence-corrected chi connectivity index (χ2v) is 2.33. The molecule has 0 aromatic rings. The molecule has 2 N–H and O–H groups in total. The van der Waals surface area contributed by atoms with Gasteiger partial charge in [0, 0.05) is 6.92 Å². The predicted molar refractivity (Wildman–Crippen MR) is 40.0 cm³/mol. The summed E-state index contributed by atoms with van der Waals surface area (Å²) < 4.78 is 0.669. The summed E-state index contributed by atoms with van der Waals surface area (Å²) in [4.78, 5) is 20.8. The van der Waals surface area contributed by atoms with Gasteiger partial charge in [0.2, 0.25) is 5.91 Å². The summed E-state index contributed by atoms with van der Waals surface area (Å²) in [7, 11) is 0. The molecule has 0 spiro atoms. The van der Waals surface area contributed by atoms with Crippen LogP contribution in [0.3, 0.4) is 0 Å². The van der Waals surface area contributed by atoms with E-state index in [9.17, 15) is 9.59 Å². The zero-order valence-electron chi connectivity index (χ0n) is 5.89. The second kappa shape index (κ2) is 4.20. The molecule has 64 valence electrons. The molecule has 0 bridgehead atoms. The first-order valence-corrected chi connectivity index (χ1v) is 3.23. The van der Waals surface area contributed by atoms with Crippen molar-refractivity contribution in [1.29, 1.82) is 0 Å². The molecule has 0 aromatic heterocycles. The molecule has 1 amide bonds. The van der Waals surface area contributed by atoms with Gasteiger partial charge in [-0.25, -0.2) is 4.79 Å². The number of aliphatic carboxylic acids is 1. The molecule has 11 heavy (non-hydrogen) atoms. The second-order valence-electron chi connectivity index (χ2n) is 1.90. The highest BCUT2D eigenvalue weighted by Crippen LogP contribution is 2.02. The molecule has 0 aromatic carbocycles. The number of amides is 1. The van der Waals surface area contributed by atoms with Gasteiger partial charge < -0.3 is 10.2 Å². The van der Waals surface area contributed by atoms with Gasteiger partial charge in [-0.2, -0.15) is 0 Å². The van der Waals surface area contributed by atoms with E-state index >= 15 is 0 Å². The minimum Gasteiger partial charge on any atom is -0.480 e. The number of nitrogens with zero attached hydrogens (tertiary/aromatic N) is 1. The van der Waals surface area contributed by atoms with Gasteiger partial charge in [-0.1, -0.05) is 12.8 Å². The van der Waals surface area contributed by atoms with E-state index in [1.165, 1.54) is 6.92 Å². The van der Waals surface area contributed by atoms with Crippen LogP contribution in [-0.4, -0.2) is 39.0 Å². The highest BCUT2D eigenvalue weighted by Gasteiger charge is 2.24. The van der Waals surface area contributed by atoms with E-state index in [-0.39, 0.29) is 0 Å². The monoisotopic (exact) mass is 179 g/mol. The summed E-state index contributed by atoms with van der Waals surface area (Å²) >= 11 is 3.58. The number of rotatable bonds is 3. The first kappa shape index (κ1) is 10.2. The maximum absolute atomic E-state index is 10.5. The maximum atomic E-state index is 10.5. The van der Waals surface area contributed by atoms with Crippen molar-refractivity contribution < 1.29 is 19.8 Å². The number of thiol groups is 1. The standard InChI is InChI=1S/C5H9NO4S/c1-3(8)6(11)4(2-7)5(9)10/h4,7,11H,2H2,1H3,(H,9,10)/t4-/m0/s1. The van der Waals surface area contributed by atoms with Gasteiger partial charge in [0.05, 0.1) is 6.61 Å². The molecular weight excluding hydrogens is 170 g/mol. The van der Waals surface area contributed by atoms with E-state index in [1.54, 1.807) is 0 Å². The molecule has 1 atom stereocenters. The van der Waals surface area contributed by atoms with Gasteiger partial charge in [0.25, 0.3) is 0 Å². The van der Waals surface area contributed by atoms with Crippen molar-refractivity contribution in [3.05, 3.63) is 0 Å². The lowest BCUT2D eigenvalue weighted by atomic mass is 10.3. The van der Waals surface area contributed by atoms with Crippen LogP contribution in [0, 0.1) is 0 Å². The molecule has 0 unspecified atom stereocenters. The fourth-order valence-electron chi connectivity index (χ4n) is 0.479. The molecule has 0 saturated carbocycles. The minimum atomic E-state index is -1.28. The summed E-state index contributed by atoms with van der Waals surface area (Å²) in [6, 6.07) is -1.27. The quantitative estimate of drug-likeness (QED) is 0.492. The molecule has 0 fully saturated rings. The number of carboxylic acids is 1. The van der Waals surface area contributed by atoms with E-state index in [2.05, 4.69) is 12.8 Å². The lowest BCUT2D eigenvalue weighted by Crippen LogP contribution is -2.40. The molecular formula is C5H9NO4S. The number of hydrogen-bond donors (Lipinski definition) is 3. The summed E-state index contributed by atoms with van der Waals surface area (Å²) in [6.45, 7) is 0.525. The molecule has 0 radical (unpaired) electrons. The summed E-state index contributed by atoms with van der Waals surface area (Å²) in [5, 5.41) is 16.9. The van der Waals surface area contributed by atoms with Crippen molar-refractivity contribution in [2.75, 3.05) is 6.61 Å². The van der Waals surface area contributed by atoms with E-state index in [4.69, 9.17) is 10.2 Å². The molecule has 0 rings (SSSR count). The SMILES string of the molecule is CC(=O)N(S)[C@@H](CO)C(=O)O. The van der Waals surface area contributed by atoms with E-state index in [1.807, 2.05) is 0 Å². The Morgan fingerprint density at radius 2 is 2.09 bits per heavy atom. The third-order valence-corrected chi connectivity index (χ3v) is 1.64. The van der Waals surface area contributed by atoms with Gasteiger partial charge in [-0.3, -0.25) is 9.10 Å². The van der Waals surface area contributed by atoms with E-state index in [0.717, 1.165) is 0 Å². The molecule has 0 aliphatic rings. The number of aliphatic hydroxyl groups is 1. The fourth-order valence-corrected chi connectivity index (χ4v) is 0.651. The average Bonchev–Trinajstić information content (AvgIpc) is 1.88. The first-order chi connectivity index (χ1) is 5.00. The Balaban J connectivity index is 4.25. The Morgan fingerprint density at radius 1 is 1.64 bits per heavy atom. The predicted octanol–water partition coefficient (Wildman–Crippen LogP) is -0.875. The van der Waals surface area contributed by atoms with E-state index in [0.29, 0.717) is 4.31 Å². The number of carboxylic acid groups (broad SMARTS) is 1. The number of carbonyl (C=O) groups is 2. The van der Waals surface area contributed by atoms with Crippen LogP contribution in [0.15, 0.2) is 0 Å². The number of carbonyl (C=O) groups excluding carboxylic acids is 1. The van der Waals surface area contributed by atoms with Gasteiger partial charge in [0.15, 0.2) is 6.04 Å². The third-order valence-electron chi connectivity index (χ3n) is 1.08. The Bertz CT molecular complexity index is 172. The molecule has 0 aliphatic heterocycles. The minimum absolute atomic E-state index is 0.519. The van der Waals surface area contributed by atoms with Crippen LogP contribution in [0.2, 0.25) is 0 Å². The zero-order valence-corrected chi connectivity index (χ0v) is 6.78. The van der Waals surface area contributed by atoms with Crippen LogP contribution in [0.25, 0.3) is 0 Å². The van der Waals surface area contributed by atoms with Gasteiger partial charge in [-0.05, 0) is 0 Å². The number of aliphatic hydroxyl groups excluding tert-OH is 1. The normalized spacial score (nSPS) is 12.3. The van der Waals surface area contributed by atoms with Gasteiger partial charge >= 0.3 is 5.97 Å². The van der Waals surface area contributed by atoms with Crippen LogP contribution < -0.4 is 0 Å². The zero-order chi connectivity index (χ0) is 9.02. The lowest BCUT2D eigenvalue weighted by Gasteiger charge is -2.19. The molecule has 0 saturated heterocycles. The lowest BCUT2D eigenvalue weighted by molar-refractivity contribution is -0.146. The van der Waals surface area contributed by atoms with E-state index < -0.39 is 24.5 Å². The highest BCUT2D eigenvalue weighted by molar-refractivity contribution is 7.78. The molecule has 6 heteroatoms. The van der Waals surface area contributed by atoms with Crippen LogP contribution in [0.5, 0.6) is 0 Å². The fraction of sp³-hybridized carbons (Fsp3) is 0.600. The van der Waals surface area contributed by atoms with Crippen LogP contribution in [-0.2, 0) is 9.59 Å². The van der Waals surface area contributed by atoms with Crippen molar-refractivity contribution in [2.24, 2.45) is 0 Å². The topological polar surface area (TPSA) is 77.8 Å². The van der Waals surface area contributed by atoms with Crippen molar-refractivity contribution in [1.82, 2.24) is 4.31 Å². The van der Waals surface area contributed by atoms with Crippen molar-refractivity contribution >= 4 is 24.7 Å². The van der Waals surface area contributed by atoms with Crippen LogP contribution >= 0.6 is 12.8 Å². The number of hydrogen-bond acceptors (Lipinski definition) is 4. The van der Waals surface area contributed by atoms with Gasteiger partial charge in [0.1, 0.15) is 0 Å².